The Morgan fingerprint density at radius 3 is 2.11 bits per heavy atom. The fraction of sp³-hybridized carbons (Fsp3) is 0.571. The second-order valence-corrected chi connectivity index (χ2v) is 2.45. The molecular formula is C7H13NO. The van der Waals surface area contributed by atoms with Crippen molar-refractivity contribution in [3.63, 3.8) is 0 Å². The molecule has 0 amide bonds. The Balaban J connectivity index is 3.93. The molecule has 52 valence electrons. The minimum Gasteiger partial charge on any atom is -0.402 e. The van der Waals surface area contributed by atoms with Gasteiger partial charge in [-0.3, -0.25) is 4.79 Å². The monoisotopic (exact) mass is 127 g/mol. The van der Waals surface area contributed by atoms with Crippen molar-refractivity contribution in [1.29, 1.82) is 0 Å². The van der Waals surface area contributed by atoms with Crippen molar-refractivity contribution >= 4 is 5.78 Å². The molecule has 0 saturated carbocycles. The van der Waals surface area contributed by atoms with Crippen molar-refractivity contribution in [2.24, 2.45) is 11.7 Å². The molecule has 0 aromatic carbocycles. The number of rotatable bonds is 2. The highest BCUT2D eigenvalue weighted by atomic mass is 16.1. The van der Waals surface area contributed by atoms with Gasteiger partial charge in [0.05, 0.1) is 0 Å². The van der Waals surface area contributed by atoms with E-state index in [-0.39, 0.29) is 11.7 Å². The van der Waals surface area contributed by atoms with Gasteiger partial charge in [-0.1, -0.05) is 13.8 Å². The molecule has 0 atom stereocenters. The van der Waals surface area contributed by atoms with E-state index >= 15 is 0 Å². The Kier molecular flexibility index (Phi) is 2.99. The van der Waals surface area contributed by atoms with Crippen molar-refractivity contribution in [3.8, 4) is 0 Å². The highest BCUT2D eigenvalue weighted by Crippen LogP contribution is 1.95. The average molecular weight is 127 g/mol. The molecule has 2 N–H and O–H groups in total. The van der Waals surface area contributed by atoms with Crippen LogP contribution < -0.4 is 5.73 Å². The first-order chi connectivity index (χ1) is 4.04. The number of ketones is 1. The fourth-order valence-electron chi connectivity index (χ4n) is 0.391. The van der Waals surface area contributed by atoms with Crippen LogP contribution in [0.2, 0.25) is 0 Å². The van der Waals surface area contributed by atoms with E-state index in [4.69, 9.17) is 5.73 Å². The lowest BCUT2D eigenvalue weighted by Gasteiger charge is -1.96. The lowest BCUT2D eigenvalue weighted by atomic mass is 10.1. The summed E-state index contributed by atoms with van der Waals surface area (Å²) in [5, 5.41) is 0. The van der Waals surface area contributed by atoms with Crippen LogP contribution >= 0.6 is 0 Å². The van der Waals surface area contributed by atoms with Crippen molar-refractivity contribution in [2.45, 2.75) is 20.8 Å². The Morgan fingerprint density at radius 2 is 2.00 bits per heavy atom. The zero-order valence-corrected chi connectivity index (χ0v) is 6.14. The molecular weight excluding hydrogens is 114 g/mol. The summed E-state index contributed by atoms with van der Waals surface area (Å²) in [5.74, 6) is 0.151. The molecule has 0 aliphatic rings. The van der Waals surface area contributed by atoms with Crippen LogP contribution in [0.5, 0.6) is 0 Å². The molecule has 0 spiro atoms. The predicted octanol–water partition coefficient (Wildman–Crippen LogP) is 1.07. The zero-order valence-electron chi connectivity index (χ0n) is 6.14. The molecule has 0 aromatic heterocycles. The first kappa shape index (κ1) is 8.21. The maximum absolute atomic E-state index is 10.8. The molecule has 0 aliphatic carbocycles. The number of carbonyl (C=O) groups is 1. The Morgan fingerprint density at radius 1 is 1.56 bits per heavy atom. The summed E-state index contributed by atoms with van der Waals surface area (Å²) in [7, 11) is 0. The minimum atomic E-state index is 0.0588. The van der Waals surface area contributed by atoms with Gasteiger partial charge in [-0.2, -0.15) is 0 Å². The minimum absolute atomic E-state index is 0.0588. The second kappa shape index (κ2) is 3.28. The first-order valence-electron chi connectivity index (χ1n) is 3.01. The largest absolute Gasteiger partial charge is 0.402 e. The third-order valence-corrected chi connectivity index (χ3v) is 0.939. The third kappa shape index (κ3) is 3.76. The fourth-order valence-corrected chi connectivity index (χ4v) is 0.391. The smallest absolute Gasteiger partial charge is 0.159 e. The van der Waals surface area contributed by atoms with Gasteiger partial charge in [0.15, 0.2) is 5.78 Å². The Labute approximate surface area is 55.7 Å². The average Bonchev–Trinajstić information content (AvgIpc) is 1.63. The summed E-state index contributed by atoms with van der Waals surface area (Å²) < 4.78 is 0. The Hall–Kier alpha value is -0.790. The molecule has 2 heteroatoms. The Bertz CT molecular complexity index is 132. The quantitative estimate of drug-likeness (QED) is 0.564. The van der Waals surface area contributed by atoms with E-state index in [1.165, 1.54) is 6.08 Å². The molecule has 2 nitrogen and oxygen atoms in total. The van der Waals surface area contributed by atoms with Crippen LogP contribution in [-0.2, 0) is 4.79 Å². The van der Waals surface area contributed by atoms with Crippen LogP contribution in [0, 0.1) is 5.92 Å². The summed E-state index contributed by atoms with van der Waals surface area (Å²) >= 11 is 0. The van der Waals surface area contributed by atoms with Crippen molar-refractivity contribution in [3.05, 3.63) is 11.8 Å². The van der Waals surface area contributed by atoms with Gasteiger partial charge < -0.3 is 5.73 Å². The van der Waals surface area contributed by atoms with E-state index in [0.717, 1.165) is 0 Å². The lowest BCUT2D eigenvalue weighted by molar-refractivity contribution is -0.117. The van der Waals surface area contributed by atoms with Crippen molar-refractivity contribution in [2.75, 3.05) is 0 Å². The van der Waals surface area contributed by atoms with E-state index in [9.17, 15) is 4.79 Å². The van der Waals surface area contributed by atoms with E-state index in [2.05, 4.69) is 0 Å². The van der Waals surface area contributed by atoms with E-state index < -0.39 is 0 Å². The summed E-state index contributed by atoms with van der Waals surface area (Å²) in [6, 6.07) is 0. The van der Waals surface area contributed by atoms with Gasteiger partial charge in [0.25, 0.3) is 0 Å². The summed E-state index contributed by atoms with van der Waals surface area (Å²) in [6.45, 7) is 5.41. The van der Waals surface area contributed by atoms with Crippen molar-refractivity contribution in [1.82, 2.24) is 0 Å². The topological polar surface area (TPSA) is 43.1 Å². The molecule has 0 bridgehead atoms. The summed E-state index contributed by atoms with van der Waals surface area (Å²) in [5.41, 5.74) is 5.85. The molecule has 0 aliphatic heterocycles. The molecule has 0 saturated heterocycles. The number of hydrogen-bond donors (Lipinski definition) is 1. The van der Waals surface area contributed by atoms with E-state index in [0.29, 0.717) is 5.70 Å². The molecule has 0 aromatic rings. The maximum atomic E-state index is 10.8. The normalized spacial score (nSPS) is 12.2. The highest BCUT2D eigenvalue weighted by Gasteiger charge is 2.01. The molecule has 0 fully saturated rings. The van der Waals surface area contributed by atoms with Crippen LogP contribution in [0.3, 0.4) is 0 Å². The zero-order chi connectivity index (χ0) is 7.44. The standard InChI is InChI=1S/C7H13NO/c1-5(2)7(9)4-6(3)8/h4-5H,8H2,1-3H3. The molecule has 0 unspecified atom stereocenters. The van der Waals surface area contributed by atoms with Gasteiger partial charge in [-0.05, 0) is 13.0 Å². The number of carbonyl (C=O) groups excluding carboxylic acids is 1. The van der Waals surface area contributed by atoms with E-state index in [1.807, 2.05) is 13.8 Å². The SMILES string of the molecule is CC(N)=CC(=O)C(C)C. The predicted molar refractivity (Wildman–Crippen MR) is 37.8 cm³/mol. The van der Waals surface area contributed by atoms with Crippen LogP contribution in [0.25, 0.3) is 0 Å². The third-order valence-electron chi connectivity index (χ3n) is 0.939. The van der Waals surface area contributed by atoms with E-state index in [1.54, 1.807) is 6.92 Å². The number of hydrogen-bond acceptors (Lipinski definition) is 2. The number of allylic oxidation sites excluding steroid dienone is 2. The molecule has 0 heterocycles. The summed E-state index contributed by atoms with van der Waals surface area (Å²) in [6.07, 6.45) is 1.46. The van der Waals surface area contributed by atoms with Crippen LogP contribution in [0.4, 0.5) is 0 Å². The van der Waals surface area contributed by atoms with Gasteiger partial charge in [-0.25, -0.2) is 0 Å². The van der Waals surface area contributed by atoms with Gasteiger partial charge >= 0.3 is 0 Å². The second-order valence-electron chi connectivity index (χ2n) is 2.45. The maximum Gasteiger partial charge on any atom is 0.159 e. The molecule has 0 rings (SSSR count). The van der Waals surface area contributed by atoms with Crippen LogP contribution in [0.15, 0.2) is 11.8 Å². The van der Waals surface area contributed by atoms with Gasteiger partial charge in [0, 0.05) is 11.6 Å². The van der Waals surface area contributed by atoms with Crippen molar-refractivity contribution < 1.29 is 4.79 Å². The van der Waals surface area contributed by atoms with Gasteiger partial charge in [-0.15, -0.1) is 0 Å². The van der Waals surface area contributed by atoms with Crippen LogP contribution in [-0.4, -0.2) is 5.78 Å². The first-order valence-corrected chi connectivity index (χ1v) is 3.01. The highest BCUT2D eigenvalue weighted by molar-refractivity contribution is 5.91. The van der Waals surface area contributed by atoms with Gasteiger partial charge in [0.2, 0.25) is 0 Å². The number of nitrogens with two attached hydrogens (primary N) is 1. The molecule has 9 heavy (non-hydrogen) atoms. The van der Waals surface area contributed by atoms with Crippen LogP contribution in [0.1, 0.15) is 20.8 Å². The van der Waals surface area contributed by atoms with Gasteiger partial charge in [0.1, 0.15) is 0 Å². The summed E-state index contributed by atoms with van der Waals surface area (Å²) in [4.78, 5) is 10.8. The molecule has 0 radical (unpaired) electrons. The lowest BCUT2D eigenvalue weighted by Crippen LogP contribution is -2.05.